The average molecular weight is 347 g/mol. The summed E-state index contributed by atoms with van der Waals surface area (Å²) in [7, 11) is 0. The number of carbonyl (C=O) groups excluding carboxylic acids is 1. The van der Waals surface area contributed by atoms with Crippen molar-refractivity contribution in [2.24, 2.45) is 0 Å². The standard InChI is InChI=1S/C11H11BrN2O6/c12-7-2-1-6(5-8(7)14(19)20)10(16)13-4-3-9(15)11(17)18/h1-2,5,9,15H,3-4H2,(H,13,16)(H,17,18). The summed E-state index contributed by atoms with van der Waals surface area (Å²) in [5.74, 6) is -1.96. The average Bonchev–Trinajstić information content (AvgIpc) is 2.38. The van der Waals surface area contributed by atoms with Crippen molar-refractivity contribution >= 4 is 33.5 Å². The van der Waals surface area contributed by atoms with Gasteiger partial charge in [-0.05, 0) is 28.1 Å². The van der Waals surface area contributed by atoms with Crippen molar-refractivity contribution in [3.63, 3.8) is 0 Å². The van der Waals surface area contributed by atoms with E-state index in [1.807, 2.05) is 0 Å². The summed E-state index contributed by atoms with van der Waals surface area (Å²) in [5.41, 5.74) is -0.173. The number of aliphatic hydroxyl groups excluding tert-OH is 1. The van der Waals surface area contributed by atoms with Crippen LogP contribution in [0.4, 0.5) is 5.69 Å². The van der Waals surface area contributed by atoms with Crippen LogP contribution < -0.4 is 5.32 Å². The molecule has 0 aromatic heterocycles. The van der Waals surface area contributed by atoms with Crippen LogP contribution in [0.1, 0.15) is 16.8 Å². The highest BCUT2D eigenvalue weighted by atomic mass is 79.9. The normalized spacial score (nSPS) is 11.7. The highest BCUT2D eigenvalue weighted by Crippen LogP contribution is 2.25. The number of carboxylic acid groups (broad SMARTS) is 1. The zero-order valence-corrected chi connectivity index (χ0v) is 11.7. The van der Waals surface area contributed by atoms with Crippen LogP contribution in [-0.4, -0.2) is 39.7 Å². The van der Waals surface area contributed by atoms with Crippen LogP contribution in [0.3, 0.4) is 0 Å². The highest BCUT2D eigenvalue weighted by Gasteiger charge is 2.17. The Bertz CT molecular complexity index is 548. The predicted octanol–water partition coefficient (Wildman–Crippen LogP) is 0.923. The van der Waals surface area contributed by atoms with Gasteiger partial charge in [0, 0.05) is 24.6 Å². The second-order valence-electron chi connectivity index (χ2n) is 3.82. The molecule has 0 saturated heterocycles. The van der Waals surface area contributed by atoms with Crippen LogP contribution in [0, 0.1) is 10.1 Å². The molecule has 0 bridgehead atoms. The third-order valence-corrected chi connectivity index (χ3v) is 3.06. The Morgan fingerprint density at radius 3 is 2.65 bits per heavy atom. The van der Waals surface area contributed by atoms with E-state index < -0.39 is 22.9 Å². The minimum absolute atomic E-state index is 0.0594. The number of amides is 1. The van der Waals surface area contributed by atoms with E-state index in [9.17, 15) is 19.7 Å². The number of hydrogen-bond donors (Lipinski definition) is 3. The monoisotopic (exact) mass is 346 g/mol. The number of rotatable bonds is 6. The van der Waals surface area contributed by atoms with Crippen LogP contribution in [0.2, 0.25) is 0 Å². The van der Waals surface area contributed by atoms with Gasteiger partial charge in [-0.3, -0.25) is 14.9 Å². The molecule has 108 valence electrons. The number of nitro groups is 1. The fourth-order valence-corrected chi connectivity index (χ4v) is 1.73. The van der Waals surface area contributed by atoms with E-state index in [0.29, 0.717) is 0 Å². The molecule has 0 aliphatic carbocycles. The van der Waals surface area contributed by atoms with Crippen molar-refractivity contribution in [1.82, 2.24) is 5.32 Å². The second kappa shape index (κ2) is 6.96. The molecule has 3 N–H and O–H groups in total. The molecule has 1 aromatic rings. The number of benzene rings is 1. The molecule has 1 amide bonds. The lowest BCUT2D eigenvalue weighted by Gasteiger charge is -2.07. The molecule has 0 saturated carbocycles. The second-order valence-corrected chi connectivity index (χ2v) is 4.68. The van der Waals surface area contributed by atoms with E-state index >= 15 is 0 Å². The van der Waals surface area contributed by atoms with Gasteiger partial charge < -0.3 is 15.5 Å². The first-order chi connectivity index (χ1) is 9.32. The minimum Gasteiger partial charge on any atom is -0.479 e. The number of nitro benzene ring substituents is 1. The maximum atomic E-state index is 11.7. The molecule has 0 aliphatic rings. The third kappa shape index (κ3) is 4.28. The number of aliphatic carboxylic acids is 1. The Morgan fingerprint density at radius 2 is 2.10 bits per heavy atom. The maximum absolute atomic E-state index is 11.7. The lowest BCUT2D eigenvalue weighted by Crippen LogP contribution is -2.30. The number of hydrogen-bond acceptors (Lipinski definition) is 5. The Labute approximate surface area is 121 Å². The number of carbonyl (C=O) groups is 2. The topological polar surface area (TPSA) is 130 Å². The Hall–Kier alpha value is -2.00. The van der Waals surface area contributed by atoms with Crippen molar-refractivity contribution in [3.05, 3.63) is 38.3 Å². The molecule has 1 unspecified atom stereocenters. The van der Waals surface area contributed by atoms with Crippen molar-refractivity contribution in [2.45, 2.75) is 12.5 Å². The molecule has 8 nitrogen and oxygen atoms in total. The van der Waals surface area contributed by atoms with Gasteiger partial charge >= 0.3 is 5.97 Å². The van der Waals surface area contributed by atoms with Gasteiger partial charge in [-0.2, -0.15) is 0 Å². The van der Waals surface area contributed by atoms with Crippen molar-refractivity contribution in [2.75, 3.05) is 6.54 Å². The predicted molar refractivity (Wildman–Crippen MR) is 71.4 cm³/mol. The first-order valence-corrected chi connectivity index (χ1v) is 6.25. The molecular weight excluding hydrogens is 336 g/mol. The van der Waals surface area contributed by atoms with Crippen molar-refractivity contribution in [1.29, 1.82) is 0 Å². The summed E-state index contributed by atoms with van der Waals surface area (Å²) in [6, 6.07) is 3.87. The van der Waals surface area contributed by atoms with E-state index in [1.54, 1.807) is 0 Å². The van der Waals surface area contributed by atoms with Gasteiger partial charge in [0.15, 0.2) is 6.10 Å². The number of nitrogens with zero attached hydrogens (tertiary/aromatic N) is 1. The summed E-state index contributed by atoms with van der Waals surface area (Å²) < 4.78 is 0.250. The third-order valence-electron chi connectivity index (χ3n) is 2.39. The quantitative estimate of drug-likeness (QED) is 0.518. The van der Waals surface area contributed by atoms with E-state index in [0.717, 1.165) is 6.07 Å². The van der Waals surface area contributed by atoms with Crippen molar-refractivity contribution in [3.8, 4) is 0 Å². The maximum Gasteiger partial charge on any atom is 0.332 e. The van der Waals surface area contributed by atoms with Gasteiger partial charge in [0.1, 0.15) is 0 Å². The van der Waals surface area contributed by atoms with E-state index in [-0.39, 0.29) is 28.7 Å². The summed E-state index contributed by atoms with van der Waals surface area (Å²) in [6.07, 6.45) is -1.71. The minimum atomic E-state index is -1.56. The Balaban J connectivity index is 2.67. The van der Waals surface area contributed by atoms with Crippen LogP contribution >= 0.6 is 15.9 Å². The number of nitrogens with one attached hydrogen (secondary N) is 1. The highest BCUT2D eigenvalue weighted by molar-refractivity contribution is 9.10. The molecule has 0 fully saturated rings. The van der Waals surface area contributed by atoms with Gasteiger partial charge in [0.2, 0.25) is 0 Å². The van der Waals surface area contributed by atoms with Crippen LogP contribution in [0.5, 0.6) is 0 Å². The smallest absolute Gasteiger partial charge is 0.332 e. The molecule has 9 heteroatoms. The first-order valence-electron chi connectivity index (χ1n) is 5.46. The zero-order chi connectivity index (χ0) is 15.3. The fraction of sp³-hybridized carbons (Fsp3) is 0.273. The molecule has 1 rings (SSSR count). The summed E-state index contributed by atoms with van der Waals surface area (Å²) in [5, 5.41) is 30.6. The van der Waals surface area contributed by atoms with Gasteiger partial charge in [-0.1, -0.05) is 0 Å². The lowest BCUT2D eigenvalue weighted by atomic mass is 10.2. The van der Waals surface area contributed by atoms with E-state index in [1.165, 1.54) is 12.1 Å². The van der Waals surface area contributed by atoms with Crippen LogP contribution in [0.25, 0.3) is 0 Å². The fourth-order valence-electron chi connectivity index (χ4n) is 1.34. The molecule has 1 atom stereocenters. The molecule has 0 aliphatic heterocycles. The lowest BCUT2D eigenvalue weighted by molar-refractivity contribution is -0.385. The Kier molecular flexibility index (Phi) is 5.59. The number of aliphatic hydroxyl groups is 1. The van der Waals surface area contributed by atoms with Gasteiger partial charge in [0.05, 0.1) is 9.40 Å². The molecule has 20 heavy (non-hydrogen) atoms. The molecular formula is C11H11BrN2O6. The summed E-state index contributed by atoms with van der Waals surface area (Å²) in [4.78, 5) is 32.2. The van der Waals surface area contributed by atoms with Gasteiger partial charge in [-0.15, -0.1) is 0 Å². The zero-order valence-electron chi connectivity index (χ0n) is 10.1. The summed E-state index contributed by atoms with van der Waals surface area (Å²) >= 11 is 3.00. The Morgan fingerprint density at radius 1 is 1.45 bits per heavy atom. The number of carboxylic acids is 1. The molecule has 0 radical (unpaired) electrons. The largest absolute Gasteiger partial charge is 0.479 e. The van der Waals surface area contributed by atoms with Crippen LogP contribution in [-0.2, 0) is 4.79 Å². The first kappa shape index (κ1) is 16.1. The SMILES string of the molecule is O=C(NCCC(O)C(=O)O)c1ccc(Br)c([N+](=O)[O-])c1. The van der Waals surface area contributed by atoms with Gasteiger partial charge in [0.25, 0.3) is 11.6 Å². The van der Waals surface area contributed by atoms with Crippen LogP contribution in [0.15, 0.2) is 22.7 Å². The summed E-state index contributed by atoms with van der Waals surface area (Å²) in [6.45, 7) is -0.0594. The number of halogens is 1. The van der Waals surface area contributed by atoms with E-state index in [4.69, 9.17) is 10.2 Å². The van der Waals surface area contributed by atoms with Gasteiger partial charge in [-0.25, -0.2) is 4.79 Å². The molecule has 0 spiro atoms. The van der Waals surface area contributed by atoms with E-state index in [2.05, 4.69) is 21.2 Å². The molecule has 1 aromatic carbocycles. The molecule has 0 heterocycles. The van der Waals surface area contributed by atoms with Crippen molar-refractivity contribution < 1.29 is 24.7 Å².